The predicted octanol–water partition coefficient (Wildman–Crippen LogP) is 3.66. The molecule has 1 atom stereocenters. The fraction of sp³-hybridized carbons (Fsp3) is 0.429. The van der Waals surface area contributed by atoms with E-state index in [4.69, 9.17) is 0 Å². The van der Waals surface area contributed by atoms with Crippen LogP contribution in [0.4, 0.5) is 4.39 Å². The molecule has 2 aromatic carbocycles. The number of benzene rings is 2. The molecule has 1 aliphatic rings. The van der Waals surface area contributed by atoms with Gasteiger partial charge in [0, 0.05) is 26.6 Å². The molecule has 1 N–H and O–H groups in total. The van der Waals surface area contributed by atoms with E-state index in [1.165, 1.54) is 36.1 Å². The fourth-order valence-electron chi connectivity index (χ4n) is 4.33. The summed E-state index contributed by atoms with van der Waals surface area (Å²) >= 11 is 0. The molecule has 0 spiro atoms. The van der Waals surface area contributed by atoms with Gasteiger partial charge in [0.1, 0.15) is 11.9 Å². The molecule has 0 heterocycles. The van der Waals surface area contributed by atoms with Crippen LogP contribution in [0.2, 0.25) is 0 Å². The molecule has 0 unspecified atom stereocenters. The number of carbonyl (C=O) groups excluding carboxylic acids is 2. The number of hydrogen-bond acceptors (Lipinski definition) is 4. The van der Waals surface area contributed by atoms with E-state index in [0.29, 0.717) is 12.1 Å². The highest BCUT2D eigenvalue weighted by Gasteiger charge is 2.31. The lowest BCUT2D eigenvalue weighted by Crippen LogP contribution is -2.53. The first-order valence-corrected chi connectivity index (χ1v) is 14.4. The summed E-state index contributed by atoms with van der Waals surface area (Å²) < 4.78 is 38.5. The Bertz CT molecular complexity index is 1180. The highest BCUT2D eigenvalue weighted by atomic mass is 32.2. The van der Waals surface area contributed by atoms with Crippen LogP contribution in [0, 0.1) is 5.82 Å². The van der Waals surface area contributed by atoms with Gasteiger partial charge >= 0.3 is 0 Å². The molecular formula is C28H36FN3O4S. The molecule has 200 valence electrons. The van der Waals surface area contributed by atoms with Gasteiger partial charge in [0.15, 0.2) is 0 Å². The van der Waals surface area contributed by atoms with Gasteiger partial charge in [0.25, 0.3) is 0 Å². The van der Waals surface area contributed by atoms with Crippen LogP contribution in [0.25, 0.3) is 0 Å². The molecule has 2 aromatic rings. The standard InChI is InChI=1S/C28H36FN3O4S/c1-31(37(2,35)36)21-27(33)32(20-24-13-15-25(29)16-14-24)26(19-23-11-7-4-8-12-23)28(34)30-18-17-22-9-5-3-6-10-22/h4,7-9,11-16,26H,3,5-6,10,17-21H2,1-2H3,(H,30,34)/t26-/m0/s1. The minimum atomic E-state index is -3.61. The van der Waals surface area contributed by atoms with Gasteiger partial charge in [-0.2, -0.15) is 4.31 Å². The van der Waals surface area contributed by atoms with Crippen LogP contribution in [0.1, 0.15) is 43.2 Å². The number of likely N-dealkylation sites (N-methyl/N-ethyl adjacent to an activating group) is 1. The third kappa shape index (κ3) is 9.09. The van der Waals surface area contributed by atoms with Crippen LogP contribution in [0.5, 0.6) is 0 Å². The first-order valence-electron chi connectivity index (χ1n) is 12.6. The summed E-state index contributed by atoms with van der Waals surface area (Å²) in [6.07, 6.45) is 8.73. The van der Waals surface area contributed by atoms with Crippen molar-refractivity contribution in [2.75, 3.05) is 26.4 Å². The second-order valence-electron chi connectivity index (χ2n) is 9.52. The van der Waals surface area contributed by atoms with Crippen LogP contribution < -0.4 is 5.32 Å². The van der Waals surface area contributed by atoms with Crippen molar-refractivity contribution < 1.29 is 22.4 Å². The van der Waals surface area contributed by atoms with Crippen molar-refractivity contribution in [3.8, 4) is 0 Å². The van der Waals surface area contributed by atoms with Gasteiger partial charge in [-0.25, -0.2) is 12.8 Å². The lowest BCUT2D eigenvalue weighted by molar-refractivity contribution is -0.141. The molecule has 3 rings (SSSR count). The minimum absolute atomic E-state index is 0.0345. The quantitative estimate of drug-likeness (QED) is 0.425. The zero-order chi connectivity index (χ0) is 26.8. The number of amides is 2. The molecule has 0 bridgehead atoms. The molecule has 1 aliphatic carbocycles. The Morgan fingerprint density at radius 3 is 2.35 bits per heavy atom. The van der Waals surface area contributed by atoms with E-state index < -0.39 is 34.3 Å². The maximum atomic E-state index is 13.5. The maximum absolute atomic E-state index is 13.5. The monoisotopic (exact) mass is 529 g/mol. The van der Waals surface area contributed by atoms with E-state index in [1.807, 2.05) is 30.3 Å². The van der Waals surface area contributed by atoms with Gasteiger partial charge in [0.2, 0.25) is 21.8 Å². The number of allylic oxidation sites excluding steroid dienone is 1. The number of nitrogens with one attached hydrogen (secondary N) is 1. The van der Waals surface area contributed by atoms with Gasteiger partial charge in [-0.1, -0.05) is 54.1 Å². The zero-order valence-electron chi connectivity index (χ0n) is 21.5. The average molecular weight is 530 g/mol. The summed E-state index contributed by atoms with van der Waals surface area (Å²) in [5.41, 5.74) is 2.83. The molecule has 0 aromatic heterocycles. The third-order valence-corrected chi connectivity index (χ3v) is 7.85. The summed E-state index contributed by atoms with van der Waals surface area (Å²) in [6, 6.07) is 14.2. The Hall–Kier alpha value is -3.04. The second-order valence-corrected chi connectivity index (χ2v) is 11.6. The van der Waals surface area contributed by atoms with Crippen molar-refractivity contribution in [2.45, 2.75) is 51.1 Å². The Balaban J connectivity index is 1.87. The number of halogens is 1. The van der Waals surface area contributed by atoms with Gasteiger partial charge in [-0.3, -0.25) is 9.59 Å². The zero-order valence-corrected chi connectivity index (χ0v) is 22.3. The minimum Gasteiger partial charge on any atom is -0.354 e. The first kappa shape index (κ1) is 28.5. The van der Waals surface area contributed by atoms with E-state index in [2.05, 4.69) is 11.4 Å². The molecule has 0 saturated carbocycles. The van der Waals surface area contributed by atoms with Gasteiger partial charge in [0.05, 0.1) is 12.8 Å². The van der Waals surface area contributed by atoms with Crippen molar-refractivity contribution in [3.05, 3.63) is 83.2 Å². The number of sulfonamides is 1. The predicted molar refractivity (Wildman–Crippen MR) is 143 cm³/mol. The van der Waals surface area contributed by atoms with Crippen molar-refractivity contribution in [1.82, 2.24) is 14.5 Å². The summed E-state index contributed by atoms with van der Waals surface area (Å²) in [7, 11) is -2.29. The molecule has 9 heteroatoms. The Morgan fingerprint density at radius 1 is 1.03 bits per heavy atom. The van der Waals surface area contributed by atoms with Gasteiger partial charge < -0.3 is 10.2 Å². The van der Waals surface area contributed by atoms with Crippen LogP contribution in [0.3, 0.4) is 0 Å². The topological polar surface area (TPSA) is 86.8 Å². The summed E-state index contributed by atoms with van der Waals surface area (Å²) in [4.78, 5) is 28.4. The van der Waals surface area contributed by atoms with Crippen LogP contribution in [-0.2, 0) is 32.6 Å². The van der Waals surface area contributed by atoms with Crippen LogP contribution in [0.15, 0.2) is 66.2 Å². The highest BCUT2D eigenvalue weighted by Crippen LogP contribution is 2.20. The van der Waals surface area contributed by atoms with E-state index >= 15 is 0 Å². The Kier molecular flexibility index (Phi) is 10.4. The van der Waals surface area contributed by atoms with E-state index in [0.717, 1.165) is 41.8 Å². The van der Waals surface area contributed by atoms with Crippen molar-refractivity contribution >= 4 is 21.8 Å². The summed E-state index contributed by atoms with van der Waals surface area (Å²) in [5.74, 6) is -1.23. The highest BCUT2D eigenvalue weighted by molar-refractivity contribution is 7.88. The molecule has 0 fully saturated rings. The van der Waals surface area contributed by atoms with Crippen LogP contribution >= 0.6 is 0 Å². The molecular weight excluding hydrogens is 493 g/mol. The number of rotatable bonds is 12. The van der Waals surface area contributed by atoms with E-state index in [1.54, 1.807) is 12.1 Å². The lowest BCUT2D eigenvalue weighted by Gasteiger charge is -2.32. The van der Waals surface area contributed by atoms with Crippen molar-refractivity contribution in [1.29, 1.82) is 0 Å². The average Bonchev–Trinajstić information content (AvgIpc) is 2.87. The molecule has 0 radical (unpaired) electrons. The van der Waals surface area contributed by atoms with Gasteiger partial charge in [-0.15, -0.1) is 0 Å². The normalized spacial score (nSPS) is 14.6. The SMILES string of the molecule is CN(CC(=O)N(Cc1ccc(F)cc1)[C@@H](Cc1ccccc1)C(=O)NCCC1=CCCCC1)S(C)(=O)=O. The lowest BCUT2D eigenvalue weighted by atomic mass is 9.97. The Morgan fingerprint density at radius 2 is 1.73 bits per heavy atom. The number of nitrogens with zero attached hydrogens (tertiary/aromatic N) is 2. The van der Waals surface area contributed by atoms with Crippen molar-refractivity contribution in [3.63, 3.8) is 0 Å². The molecule has 2 amide bonds. The van der Waals surface area contributed by atoms with E-state index in [-0.39, 0.29) is 18.9 Å². The van der Waals surface area contributed by atoms with Crippen molar-refractivity contribution in [2.24, 2.45) is 0 Å². The first-order chi connectivity index (χ1) is 17.6. The maximum Gasteiger partial charge on any atom is 0.243 e. The summed E-state index contributed by atoms with van der Waals surface area (Å²) in [5, 5.41) is 3.00. The number of carbonyl (C=O) groups is 2. The van der Waals surface area contributed by atoms with Gasteiger partial charge in [-0.05, 0) is 55.4 Å². The number of hydrogen-bond donors (Lipinski definition) is 1. The second kappa shape index (κ2) is 13.5. The molecule has 37 heavy (non-hydrogen) atoms. The summed E-state index contributed by atoms with van der Waals surface area (Å²) in [6.45, 7) is 0.0794. The molecule has 7 nitrogen and oxygen atoms in total. The molecule has 0 saturated heterocycles. The third-order valence-electron chi connectivity index (χ3n) is 6.59. The van der Waals surface area contributed by atoms with Crippen LogP contribution in [-0.4, -0.2) is 61.9 Å². The van der Waals surface area contributed by atoms with E-state index in [9.17, 15) is 22.4 Å². The molecule has 0 aliphatic heterocycles. The largest absolute Gasteiger partial charge is 0.354 e. The smallest absolute Gasteiger partial charge is 0.243 e. The Labute approximate surface area is 219 Å². The fourth-order valence-corrected chi connectivity index (χ4v) is 4.68.